The molecule has 3 heterocycles. The third-order valence-electron chi connectivity index (χ3n) is 4.63. The van der Waals surface area contributed by atoms with Crippen molar-refractivity contribution in [1.82, 2.24) is 20.1 Å². The van der Waals surface area contributed by atoms with E-state index in [0.29, 0.717) is 13.1 Å². The van der Waals surface area contributed by atoms with Gasteiger partial charge in [0.05, 0.1) is 11.4 Å². The number of pyridine rings is 1. The number of nitrogens with one attached hydrogen (secondary N) is 1. The fourth-order valence-electron chi connectivity index (χ4n) is 3.21. The average molecular weight is 344 g/mol. The van der Waals surface area contributed by atoms with Gasteiger partial charge in [-0.15, -0.1) is 0 Å². The highest BCUT2D eigenvalue weighted by Crippen LogP contribution is 2.22. The lowest BCUT2D eigenvalue weighted by atomic mass is 10.0. The van der Waals surface area contributed by atoms with Crippen molar-refractivity contribution >= 4 is 12.0 Å². The van der Waals surface area contributed by atoms with Crippen LogP contribution in [0.25, 0.3) is 6.08 Å². The third kappa shape index (κ3) is 3.57. The number of amides is 1. The molecule has 0 radical (unpaired) electrons. The monoisotopic (exact) mass is 344 g/mol. The second kappa shape index (κ2) is 7.35. The molecule has 1 N–H and O–H groups in total. The van der Waals surface area contributed by atoms with Crippen LogP contribution >= 0.6 is 0 Å². The van der Waals surface area contributed by atoms with Gasteiger partial charge in [0.1, 0.15) is 0 Å². The topological polar surface area (TPSA) is 61.9 Å². The van der Waals surface area contributed by atoms with Gasteiger partial charge in [0.15, 0.2) is 0 Å². The van der Waals surface area contributed by atoms with E-state index in [-0.39, 0.29) is 5.91 Å². The second-order valence-electron chi connectivity index (χ2n) is 6.39. The first-order valence-corrected chi connectivity index (χ1v) is 8.76. The van der Waals surface area contributed by atoms with E-state index in [1.54, 1.807) is 18.3 Å². The zero-order valence-electron chi connectivity index (χ0n) is 14.4. The first-order valence-electron chi connectivity index (χ1n) is 8.76. The summed E-state index contributed by atoms with van der Waals surface area (Å²) in [6.07, 6.45) is 6.67. The molecule has 26 heavy (non-hydrogen) atoms. The summed E-state index contributed by atoms with van der Waals surface area (Å²) in [6, 6.07) is 15.9. The molecule has 0 unspecified atom stereocenters. The van der Waals surface area contributed by atoms with E-state index in [0.717, 1.165) is 35.5 Å². The Morgan fingerprint density at radius 1 is 1.15 bits per heavy atom. The molecule has 0 atom stereocenters. The van der Waals surface area contributed by atoms with E-state index in [2.05, 4.69) is 27.3 Å². The normalized spacial score (nSPS) is 13.8. The molecule has 0 spiro atoms. The Bertz CT molecular complexity index is 916. The largest absolute Gasteiger partial charge is 0.334 e. The lowest BCUT2D eigenvalue weighted by Gasteiger charge is -2.26. The standard InChI is InChI=1S/C21H20N4O/c26-21(10-9-17-8-4-5-12-22-17)25-13-11-19-18(15-25)20(24-23-19)14-16-6-2-1-3-7-16/h1-10,12H,11,13-15H2,(H,23,24)/b10-9+. The van der Waals surface area contributed by atoms with Crippen molar-refractivity contribution in [2.75, 3.05) is 6.54 Å². The predicted molar refractivity (Wildman–Crippen MR) is 100 cm³/mol. The smallest absolute Gasteiger partial charge is 0.246 e. The lowest BCUT2D eigenvalue weighted by molar-refractivity contribution is -0.126. The molecule has 5 heteroatoms. The van der Waals surface area contributed by atoms with Crippen molar-refractivity contribution in [3.8, 4) is 0 Å². The maximum atomic E-state index is 12.6. The first kappa shape index (κ1) is 16.3. The lowest BCUT2D eigenvalue weighted by Crippen LogP contribution is -2.35. The van der Waals surface area contributed by atoms with Crippen LogP contribution in [-0.4, -0.2) is 32.5 Å². The van der Waals surface area contributed by atoms with Crippen molar-refractivity contribution in [2.24, 2.45) is 0 Å². The molecule has 0 saturated carbocycles. The maximum absolute atomic E-state index is 12.6. The Kier molecular flexibility index (Phi) is 4.60. The summed E-state index contributed by atoms with van der Waals surface area (Å²) in [6.45, 7) is 1.30. The Hall–Kier alpha value is -3.21. The van der Waals surface area contributed by atoms with Gasteiger partial charge >= 0.3 is 0 Å². The van der Waals surface area contributed by atoms with Gasteiger partial charge in [-0.2, -0.15) is 5.10 Å². The maximum Gasteiger partial charge on any atom is 0.246 e. The van der Waals surface area contributed by atoms with Gasteiger partial charge < -0.3 is 4.90 Å². The Morgan fingerprint density at radius 2 is 2.00 bits per heavy atom. The van der Waals surface area contributed by atoms with Crippen molar-refractivity contribution < 1.29 is 4.79 Å². The minimum atomic E-state index is 0.00756. The number of aromatic nitrogens is 3. The van der Waals surface area contributed by atoms with Crippen LogP contribution in [0.3, 0.4) is 0 Å². The fraction of sp³-hybridized carbons (Fsp3) is 0.190. The number of hydrogen-bond acceptors (Lipinski definition) is 3. The molecule has 4 rings (SSSR count). The quantitative estimate of drug-likeness (QED) is 0.740. The summed E-state index contributed by atoms with van der Waals surface area (Å²) < 4.78 is 0. The van der Waals surface area contributed by atoms with Crippen LogP contribution in [0.15, 0.2) is 60.8 Å². The van der Waals surface area contributed by atoms with Gasteiger partial charge in [0, 0.05) is 49.5 Å². The molecule has 1 aromatic carbocycles. The highest BCUT2D eigenvalue weighted by Gasteiger charge is 2.24. The van der Waals surface area contributed by atoms with E-state index in [9.17, 15) is 4.79 Å². The zero-order chi connectivity index (χ0) is 17.8. The number of nitrogens with zero attached hydrogens (tertiary/aromatic N) is 3. The van der Waals surface area contributed by atoms with E-state index in [1.807, 2.05) is 41.3 Å². The summed E-state index contributed by atoms with van der Waals surface area (Å²) in [7, 11) is 0. The van der Waals surface area contributed by atoms with Crippen molar-refractivity contribution in [3.05, 3.63) is 89.0 Å². The molecule has 0 fully saturated rings. The van der Waals surface area contributed by atoms with E-state index < -0.39 is 0 Å². The van der Waals surface area contributed by atoms with E-state index >= 15 is 0 Å². The first-order chi connectivity index (χ1) is 12.8. The van der Waals surface area contributed by atoms with Crippen LogP contribution in [0.4, 0.5) is 0 Å². The van der Waals surface area contributed by atoms with Gasteiger partial charge in [0.25, 0.3) is 0 Å². The third-order valence-corrected chi connectivity index (χ3v) is 4.63. The molecule has 0 aliphatic carbocycles. The summed E-state index contributed by atoms with van der Waals surface area (Å²) in [5, 5.41) is 7.64. The molecule has 0 bridgehead atoms. The number of rotatable bonds is 4. The Balaban J connectivity index is 1.48. The predicted octanol–water partition coefficient (Wildman–Crippen LogP) is 2.99. The summed E-state index contributed by atoms with van der Waals surface area (Å²) in [4.78, 5) is 18.6. The summed E-state index contributed by atoms with van der Waals surface area (Å²) in [5.41, 5.74) is 5.33. The Morgan fingerprint density at radius 3 is 2.81 bits per heavy atom. The summed E-state index contributed by atoms with van der Waals surface area (Å²) in [5.74, 6) is 0.00756. The van der Waals surface area contributed by atoms with Crippen molar-refractivity contribution in [3.63, 3.8) is 0 Å². The minimum absolute atomic E-state index is 0.00756. The van der Waals surface area contributed by atoms with Crippen LogP contribution in [0.2, 0.25) is 0 Å². The SMILES string of the molecule is O=C(/C=C/c1ccccn1)N1CCc2[nH]nc(Cc3ccccc3)c2C1. The number of fused-ring (bicyclic) bond motifs is 1. The van der Waals surface area contributed by atoms with Gasteiger partial charge in [-0.3, -0.25) is 14.9 Å². The Labute approximate surface area is 152 Å². The average Bonchev–Trinajstić information content (AvgIpc) is 3.10. The molecule has 3 aromatic rings. The van der Waals surface area contributed by atoms with Crippen LogP contribution in [-0.2, 0) is 24.2 Å². The number of hydrogen-bond donors (Lipinski definition) is 1. The summed E-state index contributed by atoms with van der Waals surface area (Å²) >= 11 is 0. The minimum Gasteiger partial charge on any atom is -0.334 e. The molecular weight excluding hydrogens is 324 g/mol. The molecule has 130 valence electrons. The number of benzene rings is 1. The highest BCUT2D eigenvalue weighted by molar-refractivity contribution is 5.91. The molecule has 1 aliphatic heterocycles. The molecule has 5 nitrogen and oxygen atoms in total. The molecule has 2 aromatic heterocycles. The number of H-pyrrole nitrogens is 1. The van der Waals surface area contributed by atoms with E-state index in [1.165, 1.54) is 5.56 Å². The van der Waals surface area contributed by atoms with Crippen LogP contribution in [0, 0.1) is 0 Å². The van der Waals surface area contributed by atoms with Crippen molar-refractivity contribution in [1.29, 1.82) is 0 Å². The van der Waals surface area contributed by atoms with Crippen LogP contribution in [0.5, 0.6) is 0 Å². The van der Waals surface area contributed by atoms with E-state index in [4.69, 9.17) is 0 Å². The number of carbonyl (C=O) groups is 1. The van der Waals surface area contributed by atoms with Gasteiger partial charge in [0.2, 0.25) is 5.91 Å². The fourth-order valence-corrected chi connectivity index (χ4v) is 3.21. The molecule has 1 aliphatic rings. The highest BCUT2D eigenvalue weighted by atomic mass is 16.2. The molecule has 1 amide bonds. The van der Waals surface area contributed by atoms with Crippen LogP contribution < -0.4 is 0 Å². The van der Waals surface area contributed by atoms with Crippen molar-refractivity contribution in [2.45, 2.75) is 19.4 Å². The molecular formula is C21H20N4O. The molecule has 0 saturated heterocycles. The van der Waals surface area contributed by atoms with Gasteiger partial charge in [-0.1, -0.05) is 36.4 Å². The van der Waals surface area contributed by atoms with Crippen LogP contribution in [0.1, 0.15) is 28.2 Å². The zero-order valence-corrected chi connectivity index (χ0v) is 14.4. The van der Waals surface area contributed by atoms with Gasteiger partial charge in [-0.05, 0) is 23.8 Å². The number of carbonyl (C=O) groups excluding carboxylic acids is 1. The second-order valence-corrected chi connectivity index (χ2v) is 6.39. The van der Waals surface area contributed by atoms with Gasteiger partial charge in [-0.25, -0.2) is 0 Å². The number of aromatic amines is 1.